The van der Waals surface area contributed by atoms with Gasteiger partial charge in [-0.2, -0.15) is 0 Å². The molecule has 0 aliphatic heterocycles. The lowest BCUT2D eigenvalue weighted by molar-refractivity contribution is 1.05. The highest BCUT2D eigenvalue weighted by Crippen LogP contribution is 2.32. The van der Waals surface area contributed by atoms with E-state index in [0.29, 0.717) is 5.54 Å². The first-order valence-electron chi connectivity index (χ1n) is 3.94. The van der Waals surface area contributed by atoms with Crippen molar-refractivity contribution in [3.05, 3.63) is 35.9 Å². The van der Waals surface area contributed by atoms with Crippen molar-refractivity contribution in [3.63, 3.8) is 0 Å². The fourth-order valence-corrected chi connectivity index (χ4v) is 2.57. The maximum Gasteiger partial charge on any atom is 0.255 e. The van der Waals surface area contributed by atoms with Gasteiger partial charge in [-0.1, -0.05) is 37.3 Å². The van der Waals surface area contributed by atoms with Gasteiger partial charge in [0.2, 0.25) is 0 Å². The van der Waals surface area contributed by atoms with Gasteiger partial charge >= 0.3 is 0 Å². The topological polar surface area (TPSA) is 0 Å². The van der Waals surface area contributed by atoms with E-state index in [-0.39, 0.29) is 0 Å². The molecular weight excluding hydrogens is 207 g/mol. The van der Waals surface area contributed by atoms with Crippen LogP contribution < -0.4 is 0 Å². The van der Waals surface area contributed by atoms with Gasteiger partial charge in [-0.15, -0.1) is 22.2 Å². The Bertz CT molecular complexity index is 240. The summed E-state index contributed by atoms with van der Waals surface area (Å²) in [5, 5.41) is 0. The lowest BCUT2D eigenvalue weighted by atomic mass is 10.2. The third-order valence-corrected chi connectivity index (χ3v) is 5.88. The van der Waals surface area contributed by atoms with Crippen molar-refractivity contribution < 1.29 is 0 Å². The Hall–Kier alpha value is 0.0169. The summed E-state index contributed by atoms with van der Waals surface area (Å²) in [6.07, 6.45) is 0. The highest BCUT2D eigenvalue weighted by molar-refractivity contribution is 7.45. The van der Waals surface area contributed by atoms with Gasteiger partial charge in [0.1, 0.15) is 0 Å². The molecule has 0 aromatic heterocycles. The van der Waals surface area contributed by atoms with Crippen LogP contribution in [0, 0.1) is 0 Å². The first-order valence-corrected chi connectivity index (χ1v) is 8.54. The molecule has 3 heteroatoms. The number of benzene rings is 1. The molecular formula is C9H12Cl2Si. The molecule has 0 fully saturated rings. The molecule has 1 atom stereocenters. The summed E-state index contributed by atoms with van der Waals surface area (Å²) >= 11 is 12.2. The molecule has 0 bridgehead atoms. The first kappa shape index (κ1) is 10.1. The van der Waals surface area contributed by atoms with Gasteiger partial charge < -0.3 is 0 Å². The molecule has 0 heterocycles. The molecule has 66 valence electrons. The van der Waals surface area contributed by atoms with Gasteiger partial charge in [0.25, 0.3) is 6.69 Å². The van der Waals surface area contributed by atoms with Gasteiger partial charge in [0.15, 0.2) is 0 Å². The Balaban J connectivity index is 2.86. The van der Waals surface area contributed by atoms with E-state index in [2.05, 4.69) is 19.1 Å². The molecule has 0 N–H and O–H groups in total. The standard InChI is InChI=1S/C9H12Cl2Si/c1-8(12(2,10)11)9-6-4-3-5-7-9/h3-8H,1-2H3. The summed E-state index contributed by atoms with van der Waals surface area (Å²) in [4.78, 5) is 0. The Morgan fingerprint density at radius 2 is 1.67 bits per heavy atom. The SMILES string of the molecule is CC(c1ccccc1)[Si](C)(Cl)Cl. The van der Waals surface area contributed by atoms with Crippen LogP contribution in [0.5, 0.6) is 0 Å². The largest absolute Gasteiger partial charge is 0.255 e. The molecule has 0 nitrogen and oxygen atoms in total. The minimum absolute atomic E-state index is 0.294. The average Bonchev–Trinajstić information content (AvgIpc) is 2.03. The summed E-state index contributed by atoms with van der Waals surface area (Å²) in [5.74, 6) is 0. The zero-order chi connectivity index (χ0) is 9.19. The van der Waals surface area contributed by atoms with E-state index in [1.54, 1.807) is 0 Å². The molecule has 0 saturated carbocycles. The smallest absolute Gasteiger partial charge is 0.145 e. The number of rotatable bonds is 2. The van der Waals surface area contributed by atoms with Gasteiger partial charge in [0.05, 0.1) is 0 Å². The van der Waals surface area contributed by atoms with Crippen LogP contribution in [0.1, 0.15) is 18.0 Å². The lowest BCUT2D eigenvalue weighted by Gasteiger charge is -2.19. The predicted molar refractivity (Wildman–Crippen MR) is 58.2 cm³/mol. The van der Waals surface area contributed by atoms with Crippen LogP contribution in [0.2, 0.25) is 6.55 Å². The maximum absolute atomic E-state index is 6.12. The van der Waals surface area contributed by atoms with Crippen molar-refractivity contribution in [3.8, 4) is 0 Å². The van der Waals surface area contributed by atoms with E-state index < -0.39 is 6.69 Å². The van der Waals surface area contributed by atoms with Crippen LogP contribution in [0.15, 0.2) is 30.3 Å². The molecule has 0 radical (unpaired) electrons. The van der Waals surface area contributed by atoms with Crippen molar-refractivity contribution in [2.45, 2.75) is 19.0 Å². The van der Waals surface area contributed by atoms with Gasteiger partial charge in [-0.25, -0.2) is 0 Å². The molecule has 1 unspecified atom stereocenters. The lowest BCUT2D eigenvalue weighted by Crippen LogP contribution is -2.22. The second kappa shape index (κ2) is 3.82. The summed E-state index contributed by atoms with van der Waals surface area (Å²) in [6.45, 7) is 1.98. The van der Waals surface area contributed by atoms with E-state index in [4.69, 9.17) is 22.2 Å². The average molecular weight is 219 g/mol. The van der Waals surface area contributed by atoms with Crippen LogP contribution in [0.4, 0.5) is 0 Å². The van der Waals surface area contributed by atoms with Crippen molar-refractivity contribution in [2.75, 3.05) is 0 Å². The summed E-state index contributed by atoms with van der Waals surface area (Å²) in [7, 11) is 0. The second-order valence-electron chi connectivity index (χ2n) is 3.09. The molecule has 0 aliphatic rings. The normalized spacial score (nSPS) is 14.3. The highest BCUT2D eigenvalue weighted by atomic mass is 35.7. The summed E-state index contributed by atoms with van der Waals surface area (Å²) in [5.41, 5.74) is 1.53. The molecule has 1 rings (SSSR count). The maximum atomic E-state index is 6.12. The minimum atomic E-state index is -2.06. The van der Waals surface area contributed by atoms with E-state index in [1.807, 2.05) is 24.7 Å². The molecule has 0 saturated heterocycles. The van der Waals surface area contributed by atoms with Crippen LogP contribution in [-0.4, -0.2) is 6.69 Å². The number of halogens is 2. The Kier molecular flexibility index (Phi) is 3.21. The predicted octanol–water partition coefficient (Wildman–Crippen LogP) is 3.88. The quantitative estimate of drug-likeness (QED) is 0.523. The molecule has 12 heavy (non-hydrogen) atoms. The van der Waals surface area contributed by atoms with E-state index in [9.17, 15) is 0 Å². The van der Waals surface area contributed by atoms with Crippen LogP contribution in [0.3, 0.4) is 0 Å². The first-order chi connectivity index (χ1) is 5.52. The molecule has 1 aromatic rings. The fraction of sp³-hybridized carbons (Fsp3) is 0.333. The third-order valence-electron chi connectivity index (χ3n) is 2.06. The molecule has 1 aromatic carbocycles. The zero-order valence-electron chi connectivity index (χ0n) is 7.22. The Labute approximate surface area is 83.9 Å². The highest BCUT2D eigenvalue weighted by Gasteiger charge is 2.30. The van der Waals surface area contributed by atoms with Gasteiger partial charge in [-0.05, 0) is 12.1 Å². The van der Waals surface area contributed by atoms with Crippen molar-refractivity contribution >= 4 is 28.9 Å². The fourth-order valence-electron chi connectivity index (χ4n) is 1.03. The van der Waals surface area contributed by atoms with Crippen LogP contribution >= 0.6 is 22.2 Å². The molecule has 0 spiro atoms. The van der Waals surface area contributed by atoms with E-state index >= 15 is 0 Å². The van der Waals surface area contributed by atoms with Crippen molar-refractivity contribution in [1.82, 2.24) is 0 Å². The second-order valence-corrected chi connectivity index (χ2v) is 11.2. The van der Waals surface area contributed by atoms with Gasteiger partial charge in [0, 0.05) is 5.54 Å². The molecule has 0 amide bonds. The van der Waals surface area contributed by atoms with Crippen molar-refractivity contribution in [2.24, 2.45) is 0 Å². The van der Waals surface area contributed by atoms with E-state index in [1.165, 1.54) is 5.56 Å². The summed E-state index contributed by atoms with van der Waals surface area (Å²) in [6, 6.07) is 10.2. The molecule has 0 aliphatic carbocycles. The number of hydrogen-bond donors (Lipinski definition) is 0. The minimum Gasteiger partial charge on any atom is -0.145 e. The monoisotopic (exact) mass is 218 g/mol. The van der Waals surface area contributed by atoms with Crippen molar-refractivity contribution in [1.29, 1.82) is 0 Å². The van der Waals surface area contributed by atoms with Crippen LogP contribution in [0.25, 0.3) is 0 Å². The zero-order valence-corrected chi connectivity index (χ0v) is 9.73. The third kappa shape index (κ3) is 2.51. The summed E-state index contributed by atoms with van der Waals surface area (Å²) < 4.78 is 0. The van der Waals surface area contributed by atoms with E-state index in [0.717, 1.165) is 0 Å². The number of hydrogen-bond acceptors (Lipinski definition) is 0. The Morgan fingerprint density at radius 1 is 1.17 bits per heavy atom. The Morgan fingerprint density at radius 3 is 2.08 bits per heavy atom. The van der Waals surface area contributed by atoms with Crippen LogP contribution in [-0.2, 0) is 0 Å². The van der Waals surface area contributed by atoms with Gasteiger partial charge in [-0.3, -0.25) is 0 Å².